The largest absolute Gasteiger partial charge is 0.340 e. The van der Waals surface area contributed by atoms with Crippen molar-refractivity contribution in [1.29, 1.82) is 0 Å². The summed E-state index contributed by atoms with van der Waals surface area (Å²) in [5.74, 6) is 0.901. The van der Waals surface area contributed by atoms with Crippen molar-refractivity contribution in [3.8, 4) is 0 Å². The molecule has 0 saturated heterocycles. The molecule has 0 amide bonds. The third-order valence-corrected chi connectivity index (χ3v) is 8.63. The minimum absolute atomic E-state index is 0.0145. The van der Waals surface area contributed by atoms with E-state index in [-0.39, 0.29) is 10.1 Å². The number of aromatic nitrogens is 2. The number of rotatable bonds is 9. The maximum atomic E-state index is 12.4. The number of hydrogen-bond donors (Lipinski definition) is 3. The van der Waals surface area contributed by atoms with Crippen molar-refractivity contribution >= 4 is 43.2 Å². The van der Waals surface area contributed by atoms with E-state index in [1.165, 1.54) is 16.4 Å². The van der Waals surface area contributed by atoms with Gasteiger partial charge in [-0.1, -0.05) is 12.1 Å². The molecule has 10 nitrogen and oxygen atoms in total. The summed E-state index contributed by atoms with van der Waals surface area (Å²) in [6.07, 6.45) is 3.12. The van der Waals surface area contributed by atoms with Gasteiger partial charge in [0.15, 0.2) is 0 Å². The molecule has 2 aromatic carbocycles. The highest BCUT2D eigenvalue weighted by Crippen LogP contribution is 2.31. The second-order valence-corrected chi connectivity index (χ2v) is 12.1. The van der Waals surface area contributed by atoms with Crippen molar-refractivity contribution in [2.45, 2.75) is 36.5 Å². The summed E-state index contributed by atoms with van der Waals surface area (Å²) >= 11 is 0. The van der Waals surface area contributed by atoms with Gasteiger partial charge in [-0.3, -0.25) is 0 Å². The lowest BCUT2D eigenvalue weighted by molar-refractivity contribution is 0.465. The van der Waals surface area contributed by atoms with E-state index in [9.17, 15) is 16.8 Å². The molecule has 4 N–H and O–H groups in total. The highest BCUT2D eigenvalue weighted by atomic mass is 32.2. The first-order valence-electron chi connectivity index (χ1n) is 10.6. The molecule has 1 aliphatic carbocycles. The molecule has 1 aromatic heterocycles. The van der Waals surface area contributed by atoms with Gasteiger partial charge in [0.2, 0.25) is 26.0 Å². The first-order chi connectivity index (χ1) is 16.0. The van der Waals surface area contributed by atoms with Gasteiger partial charge in [-0.25, -0.2) is 31.3 Å². The smallest absolute Gasteiger partial charge is 0.238 e. The number of nitrogens with zero attached hydrogens (tertiary/aromatic N) is 3. The molecule has 0 spiro atoms. The summed E-state index contributed by atoms with van der Waals surface area (Å²) < 4.78 is 49.1. The van der Waals surface area contributed by atoms with Crippen molar-refractivity contribution in [3.05, 3.63) is 65.9 Å². The van der Waals surface area contributed by atoms with Crippen LogP contribution in [0.25, 0.3) is 0 Å². The summed E-state index contributed by atoms with van der Waals surface area (Å²) in [6, 6.07) is 13.5. The molecule has 0 atom stereocenters. The van der Waals surface area contributed by atoms with Crippen LogP contribution in [-0.2, 0) is 26.6 Å². The standard InChI is InChI=1S/C22H26N6O4S2/c1-15-13-24-22(26-17-6-8-19(9-7-17)33(23,29)30)27-21(15)25-18-5-3-4-16(12-18)14-28(2)34(31,32)20-10-11-20/h3-9,12-13,20H,10-11,14H2,1-2H3,(H2,23,29,30)(H2,24,25,26,27). The van der Waals surface area contributed by atoms with Crippen molar-refractivity contribution in [2.75, 3.05) is 17.7 Å². The van der Waals surface area contributed by atoms with E-state index in [0.29, 0.717) is 24.0 Å². The molecular weight excluding hydrogens is 476 g/mol. The normalized spacial score (nSPS) is 14.2. The molecule has 1 fully saturated rings. The number of nitrogens with one attached hydrogen (secondary N) is 2. The maximum absolute atomic E-state index is 12.4. The van der Waals surface area contributed by atoms with E-state index in [0.717, 1.165) is 29.7 Å². The van der Waals surface area contributed by atoms with Gasteiger partial charge in [0, 0.05) is 36.7 Å². The van der Waals surface area contributed by atoms with Crippen LogP contribution in [0.15, 0.2) is 59.6 Å². The van der Waals surface area contributed by atoms with Crippen LogP contribution in [0.2, 0.25) is 0 Å². The average molecular weight is 503 g/mol. The van der Waals surface area contributed by atoms with Crippen LogP contribution in [0.3, 0.4) is 0 Å². The molecule has 1 saturated carbocycles. The molecule has 4 rings (SSSR count). The Balaban J connectivity index is 1.48. The van der Waals surface area contributed by atoms with E-state index in [4.69, 9.17) is 5.14 Å². The quantitative estimate of drug-likeness (QED) is 0.405. The fourth-order valence-corrected chi connectivity index (χ4v) is 5.42. The van der Waals surface area contributed by atoms with Crippen LogP contribution >= 0.6 is 0 Å². The van der Waals surface area contributed by atoms with Gasteiger partial charge in [-0.2, -0.15) is 4.98 Å². The number of anilines is 4. The van der Waals surface area contributed by atoms with Crippen LogP contribution in [0, 0.1) is 6.92 Å². The zero-order valence-electron chi connectivity index (χ0n) is 18.8. The van der Waals surface area contributed by atoms with Gasteiger partial charge in [0.05, 0.1) is 10.1 Å². The van der Waals surface area contributed by atoms with Gasteiger partial charge in [0.1, 0.15) is 5.82 Å². The van der Waals surface area contributed by atoms with Crippen LogP contribution < -0.4 is 15.8 Å². The molecule has 0 radical (unpaired) electrons. The lowest BCUT2D eigenvalue weighted by atomic mass is 10.2. The predicted molar refractivity (Wildman–Crippen MR) is 131 cm³/mol. The van der Waals surface area contributed by atoms with Crippen molar-refractivity contribution in [2.24, 2.45) is 5.14 Å². The van der Waals surface area contributed by atoms with E-state index in [2.05, 4.69) is 20.6 Å². The highest BCUT2D eigenvalue weighted by Gasteiger charge is 2.38. The Morgan fingerprint density at radius 2 is 1.74 bits per heavy atom. The van der Waals surface area contributed by atoms with Crippen LogP contribution in [0.5, 0.6) is 0 Å². The summed E-state index contributed by atoms with van der Waals surface area (Å²) in [5.41, 5.74) is 3.04. The van der Waals surface area contributed by atoms with Gasteiger partial charge in [-0.05, 0) is 61.7 Å². The van der Waals surface area contributed by atoms with Gasteiger partial charge >= 0.3 is 0 Å². The third kappa shape index (κ3) is 5.70. The molecule has 34 heavy (non-hydrogen) atoms. The van der Waals surface area contributed by atoms with Crippen molar-refractivity contribution in [3.63, 3.8) is 0 Å². The van der Waals surface area contributed by atoms with Crippen molar-refractivity contribution in [1.82, 2.24) is 14.3 Å². The Hall–Kier alpha value is -3.06. The monoisotopic (exact) mass is 502 g/mol. The van der Waals surface area contributed by atoms with Crippen LogP contribution in [-0.4, -0.2) is 43.4 Å². The fourth-order valence-electron chi connectivity index (χ4n) is 3.34. The second-order valence-electron chi connectivity index (χ2n) is 8.25. The highest BCUT2D eigenvalue weighted by molar-refractivity contribution is 7.90. The number of nitrogens with two attached hydrogens (primary N) is 1. The summed E-state index contributed by atoms with van der Waals surface area (Å²) in [4.78, 5) is 8.80. The molecule has 12 heteroatoms. The van der Waals surface area contributed by atoms with E-state index < -0.39 is 20.0 Å². The molecular formula is C22H26N6O4S2. The minimum atomic E-state index is -3.77. The van der Waals surface area contributed by atoms with Gasteiger partial charge < -0.3 is 10.6 Å². The first kappa shape index (κ1) is 24.1. The summed E-state index contributed by atoms with van der Waals surface area (Å²) in [5, 5.41) is 11.2. The molecule has 1 aliphatic rings. The predicted octanol–water partition coefficient (Wildman–Crippen LogP) is 2.84. The molecule has 0 aliphatic heterocycles. The zero-order chi connectivity index (χ0) is 24.5. The summed E-state index contributed by atoms with van der Waals surface area (Å²) in [6.45, 7) is 2.16. The summed E-state index contributed by atoms with van der Waals surface area (Å²) in [7, 11) is -5.40. The minimum Gasteiger partial charge on any atom is -0.340 e. The average Bonchev–Trinajstić information content (AvgIpc) is 3.62. The maximum Gasteiger partial charge on any atom is 0.238 e. The van der Waals surface area contributed by atoms with Crippen LogP contribution in [0.1, 0.15) is 24.0 Å². The Morgan fingerprint density at radius 1 is 1.03 bits per heavy atom. The number of primary sulfonamides is 1. The molecule has 3 aromatic rings. The van der Waals surface area contributed by atoms with Gasteiger partial charge in [0.25, 0.3) is 0 Å². The topological polar surface area (TPSA) is 147 Å². The van der Waals surface area contributed by atoms with E-state index in [1.54, 1.807) is 25.4 Å². The first-order valence-corrected chi connectivity index (χ1v) is 13.6. The number of sulfonamides is 2. The molecule has 0 bridgehead atoms. The molecule has 0 unspecified atom stereocenters. The molecule has 1 heterocycles. The zero-order valence-corrected chi connectivity index (χ0v) is 20.4. The van der Waals surface area contributed by atoms with Gasteiger partial charge in [-0.15, -0.1) is 0 Å². The SMILES string of the molecule is Cc1cnc(Nc2ccc(S(N)(=O)=O)cc2)nc1Nc1cccc(CN(C)S(=O)(=O)C2CC2)c1. The lowest BCUT2D eigenvalue weighted by Crippen LogP contribution is -2.29. The Morgan fingerprint density at radius 3 is 2.38 bits per heavy atom. The third-order valence-electron chi connectivity index (χ3n) is 5.39. The second kappa shape index (κ2) is 9.29. The Kier molecular flexibility index (Phi) is 6.58. The fraction of sp³-hybridized carbons (Fsp3) is 0.273. The van der Waals surface area contributed by atoms with Crippen LogP contribution in [0.4, 0.5) is 23.1 Å². The Labute approximate surface area is 199 Å². The Bertz CT molecular complexity index is 1410. The van der Waals surface area contributed by atoms with Crippen molar-refractivity contribution < 1.29 is 16.8 Å². The number of aryl methyl sites for hydroxylation is 1. The van der Waals surface area contributed by atoms with E-state index >= 15 is 0 Å². The number of hydrogen-bond acceptors (Lipinski definition) is 8. The molecule has 180 valence electrons. The lowest BCUT2D eigenvalue weighted by Gasteiger charge is -2.17. The number of benzene rings is 2. The van der Waals surface area contributed by atoms with E-state index in [1.807, 2.05) is 31.2 Å².